The highest BCUT2D eigenvalue weighted by Crippen LogP contribution is 2.28. The van der Waals surface area contributed by atoms with E-state index in [1.165, 1.54) is 18.1 Å². The zero-order valence-electron chi connectivity index (χ0n) is 19.4. The first-order valence-corrected chi connectivity index (χ1v) is 10.9. The Hall–Kier alpha value is -3.55. The largest absolute Gasteiger partial charge is 0.495 e. The van der Waals surface area contributed by atoms with Crippen molar-refractivity contribution >= 4 is 23.7 Å². The van der Waals surface area contributed by atoms with Gasteiger partial charge in [0.25, 0.3) is 0 Å². The number of methoxy groups -OCH3 is 1. The molecule has 0 aliphatic carbocycles. The lowest BCUT2D eigenvalue weighted by atomic mass is 10.1. The highest BCUT2D eigenvalue weighted by molar-refractivity contribution is 5.99. The summed E-state index contributed by atoms with van der Waals surface area (Å²) in [5.74, 6) is -0.496. The Morgan fingerprint density at radius 1 is 1.09 bits per heavy atom. The lowest BCUT2D eigenvalue weighted by Crippen LogP contribution is -2.45. The number of hydrogen-bond donors (Lipinski definition) is 1. The first-order chi connectivity index (χ1) is 15.7. The van der Waals surface area contributed by atoms with Gasteiger partial charge in [0.2, 0.25) is 5.91 Å². The number of rotatable bonds is 6. The first-order valence-electron chi connectivity index (χ1n) is 10.9. The van der Waals surface area contributed by atoms with Crippen LogP contribution in [0.2, 0.25) is 0 Å². The van der Waals surface area contributed by atoms with Crippen LogP contribution in [0.3, 0.4) is 0 Å². The van der Waals surface area contributed by atoms with Crippen molar-refractivity contribution in [3.8, 4) is 5.75 Å². The van der Waals surface area contributed by atoms with E-state index in [4.69, 9.17) is 14.2 Å². The topological polar surface area (TPSA) is 94.2 Å². The van der Waals surface area contributed by atoms with Crippen molar-refractivity contribution in [2.24, 2.45) is 0 Å². The fourth-order valence-electron chi connectivity index (χ4n) is 3.53. The summed E-state index contributed by atoms with van der Waals surface area (Å²) >= 11 is 0. The van der Waals surface area contributed by atoms with Crippen molar-refractivity contribution in [2.45, 2.75) is 51.9 Å². The summed E-state index contributed by atoms with van der Waals surface area (Å²) < 4.78 is 16.2. The Bertz CT molecular complexity index is 1000. The number of benzene rings is 2. The van der Waals surface area contributed by atoms with Crippen LogP contribution in [0.4, 0.5) is 10.5 Å². The molecular formula is C25H30N2O6. The highest BCUT2D eigenvalue weighted by atomic mass is 16.6. The fraction of sp³-hybridized carbons (Fsp3) is 0.400. The molecule has 33 heavy (non-hydrogen) atoms. The average Bonchev–Trinajstić information content (AvgIpc) is 3.27. The molecule has 0 radical (unpaired) electrons. The van der Waals surface area contributed by atoms with E-state index >= 15 is 0 Å². The van der Waals surface area contributed by atoms with E-state index in [-0.39, 0.29) is 18.1 Å². The standard InChI is InChI=1S/C25H30N2O6/c1-25(2,3)33-24(30)27-14-8-11-20(27)22(28)26-19-15-18(12-13-21(19)31-4)23(29)32-16-17-9-6-5-7-10-17/h5-7,9-10,12-13,15,20H,8,11,14,16H2,1-4H3,(H,26,28)/t20-/m0/s1. The Morgan fingerprint density at radius 3 is 2.48 bits per heavy atom. The molecule has 1 saturated heterocycles. The van der Waals surface area contributed by atoms with Gasteiger partial charge in [-0.1, -0.05) is 30.3 Å². The van der Waals surface area contributed by atoms with Crippen LogP contribution in [0.5, 0.6) is 5.75 Å². The lowest BCUT2D eigenvalue weighted by Gasteiger charge is -2.28. The molecule has 2 aromatic carbocycles. The molecule has 8 nitrogen and oxygen atoms in total. The molecule has 0 aromatic heterocycles. The number of carbonyl (C=O) groups is 3. The van der Waals surface area contributed by atoms with E-state index in [1.807, 2.05) is 30.3 Å². The van der Waals surface area contributed by atoms with Gasteiger partial charge in [-0.15, -0.1) is 0 Å². The molecule has 0 unspecified atom stereocenters. The average molecular weight is 455 g/mol. The van der Waals surface area contributed by atoms with Gasteiger partial charge in [0.1, 0.15) is 24.0 Å². The predicted molar refractivity (Wildman–Crippen MR) is 123 cm³/mol. The minimum Gasteiger partial charge on any atom is -0.495 e. The molecule has 1 atom stereocenters. The van der Waals surface area contributed by atoms with Gasteiger partial charge in [0, 0.05) is 6.54 Å². The maximum atomic E-state index is 13.0. The molecule has 8 heteroatoms. The van der Waals surface area contributed by atoms with Crippen LogP contribution in [0.15, 0.2) is 48.5 Å². The number of amides is 2. The van der Waals surface area contributed by atoms with Crippen LogP contribution in [0.25, 0.3) is 0 Å². The lowest BCUT2D eigenvalue weighted by molar-refractivity contribution is -0.120. The van der Waals surface area contributed by atoms with E-state index in [9.17, 15) is 14.4 Å². The van der Waals surface area contributed by atoms with Gasteiger partial charge in [-0.05, 0) is 57.4 Å². The minimum absolute atomic E-state index is 0.139. The zero-order chi connectivity index (χ0) is 24.0. The van der Waals surface area contributed by atoms with Crippen LogP contribution < -0.4 is 10.1 Å². The Kier molecular flexibility index (Phi) is 7.58. The first kappa shape index (κ1) is 24.1. The molecule has 1 heterocycles. The third kappa shape index (κ3) is 6.47. The summed E-state index contributed by atoms with van der Waals surface area (Å²) in [7, 11) is 1.47. The zero-order valence-corrected chi connectivity index (χ0v) is 19.4. The van der Waals surface area contributed by atoms with E-state index in [1.54, 1.807) is 32.9 Å². The van der Waals surface area contributed by atoms with Crippen molar-refractivity contribution in [1.29, 1.82) is 0 Å². The monoisotopic (exact) mass is 454 g/mol. The highest BCUT2D eigenvalue weighted by Gasteiger charge is 2.37. The van der Waals surface area contributed by atoms with Gasteiger partial charge < -0.3 is 19.5 Å². The number of carbonyl (C=O) groups excluding carboxylic acids is 3. The quantitative estimate of drug-likeness (QED) is 0.651. The van der Waals surface area contributed by atoms with Crippen LogP contribution in [0.1, 0.15) is 49.5 Å². The molecule has 1 aliphatic rings. The van der Waals surface area contributed by atoms with Crippen molar-refractivity contribution in [3.63, 3.8) is 0 Å². The van der Waals surface area contributed by atoms with Gasteiger partial charge in [-0.3, -0.25) is 9.69 Å². The van der Waals surface area contributed by atoms with E-state index in [0.29, 0.717) is 30.8 Å². The summed E-state index contributed by atoms with van der Waals surface area (Å²) in [6.07, 6.45) is 0.692. The van der Waals surface area contributed by atoms with Crippen molar-refractivity contribution in [3.05, 3.63) is 59.7 Å². The molecule has 0 saturated carbocycles. The molecule has 2 aromatic rings. The Labute approximate surface area is 193 Å². The number of ether oxygens (including phenoxy) is 3. The normalized spacial score (nSPS) is 15.6. The van der Waals surface area contributed by atoms with Gasteiger partial charge in [-0.25, -0.2) is 9.59 Å². The number of likely N-dealkylation sites (tertiary alicyclic amines) is 1. The number of hydrogen-bond acceptors (Lipinski definition) is 6. The minimum atomic E-state index is -0.668. The van der Waals surface area contributed by atoms with Gasteiger partial charge in [-0.2, -0.15) is 0 Å². The number of anilines is 1. The molecule has 2 amide bonds. The molecule has 0 spiro atoms. The summed E-state index contributed by atoms with van der Waals surface area (Å²) in [6.45, 7) is 5.92. The smallest absolute Gasteiger partial charge is 0.410 e. The predicted octanol–water partition coefficient (Wildman–Crippen LogP) is 4.39. The molecule has 1 aliphatic heterocycles. The number of nitrogens with one attached hydrogen (secondary N) is 1. The fourth-order valence-corrected chi connectivity index (χ4v) is 3.53. The van der Waals surface area contributed by atoms with Crippen molar-refractivity contribution < 1.29 is 28.6 Å². The molecule has 176 valence electrons. The second-order valence-electron chi connectivity index (χ2n) is 8.80. The van der Waals surface area contributed by atoms with Crippen molar-refractivity contribution in [1.82, 2.24) is 4.90 Å². The molecule has 0 bridgehead atoms. The number of esters is 1. The summed E-state index contributed by atoms with van der Waals surface area (Å²) in [5, 5.41) is 2.80. The SMILES string of the molecule is COc1ccc(C(=O)OCc2ccccc2)cc1NC(=O)[C@@H]1CCCN1C(=O)OC(C)(C)C. The van der Waals surface area contributed by atoms with Gasteiger partial charge in [0.05, 0.1) is 18.4 Å². The summed E-state index contributed by atoms with van der Waals surface area (Å²) in [5.41, 5.74) is 0.819. The molecule has 1 fully saturated rings. The Morgan fingerprint density at radius 2 is 1.82 bits per heavy atom. The maximum absolute atomic E-state index is 13.0. The summed E-state index contributed by atoms with van der Waals surface area (Å²) in [4.78, 5) is 39.5. The maximum Gasteiger partial charge on any atom is 0.410 e. The third-order valence-corrected chi connectivity index (χ3v) is 5.09. The molecular weight excluding hydrogens is 424 g/mol. The summed E-state index contributed by atoms with van der Waals surface area (Å²) in [6, 6.07) is 13.4. The van der Waals surface area contributed by atoms with E-state index in [2.05, 4.69) is 5.32 Å². The van der Waals surface area contributed by atoms with Crippen LogP contribution in [-0.2, 0) is 20.9 Å². The van der Waals surface area contributed by atoms with E-state index in [0.717, 1.165) is 5.56 Å². The van der Waals surface area contributed by atoms with Crippen molar-refractivity contribution in [2.75, 3.05) is 19.0 Å². The van der Waals surface area contributed by atoms with Gasteiger partial charge in [0.15, 0.2) is 0 Å². The second-order valence-corrected chi connectivity index (χ2v) is 8.80. The van der Waals surface area contributed by atoms with Gasteiger partial charge >= 0.3 is 12.1 Å². The second kappa shape index (κ2) is 10.4. The molecule has 3 rings (SSSR count). The Balaban J connectivity index is 1.70. The van der Waals surface area contributed by atoms with E-state index < -0.39 is 23.7 Å². The molecule has 1 N–H and O–H groups in total. The van der Waals surface area contributed by atoms with Crippen LogP contribution in [-0.4, -0.2) is 48.2 Å². The van der Waals surface area contributed by atoms with Crippen LogP contribution in [0, 0.1) is 0 Å². The number of nitrogens with zero attached hydrogens (tertiary/aromatic N) is 1. The third-order valence-electron chi connectivity index (χ3n) is 5.09. The van der Waals surface area contributed by atoms with Crippen LogP contribution >= 0.6 is 0 Å².